The van der Waals surface area contributed by atoms with Crippen LogP contribution >= 0.6 is 11.6 Å². The fourth-order valence-corrected chi connectivity index (χ4v) is 3.37. The van der Waals surface area contributed by atoms with Crippen LogP contribution in [0.3, 0.4) is 0 Å². The van der Waals surface area contributed by atoms with Gasteiger partial charge >= 0.3 is 5.97 Å². The zero-order valence-corrected chi connectivity index (χ0v) is 13.6. The second-order valence-corrected chi connectivity index (χ2v) is 7.29. The monoisotopic (exact) mass is 356 g/mol. The molecule has 0 radical (unpaired) electrons. The molecule has 2 aromatic rings. The highest BCUT2D eigenvalue weighted by Crippen LogP contribution is 2.16. The van der Waals surface area contributed by atoms with Gasteiger partial charge in [-0.2, -0.15) is 0 Å². The van der Waals surface area contributed by atoms with Crippen LogP contribution in [0.2, 0.25) is 5.02 Å². The van der Waals surface area contributed by atoms with E-state index in [9.17, 15) is 17.6 Å². The minimum Gasteiger partial charge on any atom is -0.462 e. The molecule has 0 fully saturated rings. The molecule has 0 saturated heterocycles. The topological polar surface area (TPSA) is 60.4 Å². The molecule has 0 aromatic heterocycles. The second-order valence-electron chi connectivity index (χ2n) is 4.75. The van der Waals surface area contributed by atoms with Crippen molar-refractivity contribution in [3.63, 3.8) is 0 Å². The lowest BCUT2D eigenvalue weighted by molar-refractivity contribution is 0.0500. The van der Waals surface area contributed by atoms with Gasteiger partial charge in [-0.1, -0.05) is 29.8 Å². The van der Waals surface area contributed by atoms with Gasteiger partial charge in [-0.3, -0.25) is 0 Å². The van der Waals surface area contributed by atoms with Crippen LogP contribution in [0.4, 0.5) is 4.39 Å². The Hall–Kier alpha value is -1.92. The molecular weight excluding hydrogens is 343 g/mol. The summed E-state index contributed by atoms with van der Waals surface area (Å²) >= 11 is 5.70. The standard InChI is InChI=1S/C16H14ClFO4S/c17-12-7-8-15(18)14(11-12)16(19)22-9-4-10-23(20,21)13-5-2-1-3-6-13/h1-3,5-8,11H,4,9-10H2. The average molecular weight is 357 g/mol. The second kappa shape index (κ2) is 7.57. The number of sulfone groups is 1. The van der Waals surface area contributed by atoms with E-state index in [0.29, 0.717) is 0 Å². The van der Waals surface area contributed by atoms with E-state index >= 15 is 0 Å². The number of ether oxygens (including phenoxy) is 1. The number of hydrogen-bond acceptors (Lipinski definition) is 4. The molecule has 0 aliphatic heterocycles. The lowest BCUT2D eigenvalue weighted by Crippen LogP contribution is -2.13. The Morgan fingerprint density at radius 2 is 1.83 bits per heavy atom. The van der Waals surface area contributed by atoms with Crippen LogP contribution < -0.4 is 0 Å². The molecule has 2 aromatic carbocycles. The smallest absolute Gasteiger partial charge is 0.341 e. The highest BCUT2D eigenvalue weighted by Gasteiger charge is 2.16. The molecule has 0 spiro atoms. The van der Waals surface area contributed by atoms with Crippen molar-refractivity contribution in [2.75, 3.05) is 12.4 Å². The zero-order chi connectivity index (χ0) is 16.9. The van der Waals surface area contributed by atoms with Crippen molar-refractivity contribution in [2.24, 2.45) is 0 Å². The molecular formula is C16H14ClFO4S. The number of halogens is 2. The summed E-state index contributed by atoms with van der Waals surface area (Å²) in [4.78, 5) is 12.0. The van der Waals surface area contributed by atoms with E-state index < -0.39 is 21.6 Å². The number of rotatable bonds is 6. The highest BCUT2D eigenvalue weighted by molar-refractivity contribution is 7.91. The maximum atomic E-state index is 13.5. The first-order valence-electron chi connectivity index (χ1n) is 6.80. The Morgan fingerprint density at radius 1 is 1.13 bits per heavy atom. The minimum absolute atomic E-state index is 0.116. The molecule has 2 rings (SSSR count). The summed E-state index contributed by atoms with van der Waals surface area (Å²) in [5.41, 5.74) is -0.275. The van der Waals surface area contributed by atoms with Crippen LogP contribution in [-0.4, -0.2) is 26.7 Å². The molecule has 0 amide bonds. The fraction of sp³-hybridized carbons (Fsp3) is 0.188. The quantitative estimate of drug-likeness (QED) is 0.587. The molecule has 4 nitrogen and oxygen atoms in total. The summed E-state index contributed by atoms with van der Waals surface area (Å²) in [6, 6.07) is 11.5. The van der Waals surface area contributed by atoms with Crippen molar-refractivity contribution in [3.8, 4) is 0 Å². The summed E-state index contributed by atoms with van der Waals surface area (Å²) in [5, 5.41) is 0.213. The van der Waals surface area contributed by atoms with Crippen LogP contribution in [0.1, 0.15) is 16.8 Å². The molecule has 0 unspecified atom stereocenters. The van der Waals surface area contributed by atoms with Gasteiger partial charge in [0.05, 0.1) is 22.8 Å². The maximum absolute atomic E-state index is 13.5. The third-order valence-electron chi connectivity index (χ3n) is 3.04. The summed E-state index contributed by atoms with van der Waals surface area (Å²) in [6.45, 7) is -0.128. The Balaban J connectivity index is 1.88. The van der Waals surface area contributed by atoms with Gasteiger partial charge in [0.2, 0.25) is 0 Å². The summed E-state index contributed by atoms with van der Waals surface area (Å²) in [7, 11) is -3.42. The van der Waals surface area contributed by atoms with Crippen LogP contribution in [0.25, 0.3) is 0 Å². The van der Waals surface area contributed by atoms with Gasteiger partial charge in [-0.15, -0.1) is 0 Å². The van der Waals surface area contributed by atoms with Gasteiger partial charge in [-0.25, -0.2) is 17.6 Å². The highest BCUT2D eigenvalue weighted by atomic mass is 35.5. The Morgan fingerprint density at radius 3 is 2.52 bits per heavy atom. The molecule has 0 saturated carbocycles. The van der Waals surface area contributed by atoms with Crippen molar-refractivity contribution >= 4 is 27.4 Å². The van der Waals surface area contributed by atoms with E-state index in [1.807, 2.05) is 0 Å². The SMILES string of the molecule is O=C(OCCCS(=O)(=O)c1ccccc1)c1cc(Cl)ccc1F. The van der Waals surface area contributed by atoms with E-state index in [0.717, 1.165) is 6.07 Å². The maximum Gasteiger partial charge on any atom is 0.341 e. The summed E-state index contributed by atoms with van der Waals surface area (Å²) in [5.74, 6) is -1.78. The van der Waals surface area contributed by atoms with Gasteiger partial charge in [0.15, 0.2) is 9.84 Å². The van der Waals surface area contributed by atoms with E-state index in [4.69, 9.17) is 16.3 Å². The first-order chi connectivity index (χ1) is 10.9. The molecule has 23 heavy (non-hydrogen) atoms. The van der Waals surface area contributed by atoms with Crippen molar-refractivity contribution < 1.29 is 22.3 Å². The van der Waals surface area contributed by atoms with Crippen LogP contribution in [0.15, 0.2) is 53.4 Å². The molecule has 0 bridgehead atoms. The van der Waals surface area contributed by atoms with Gasteiger partial charge in [-0.05, 0) is 36.8 Å². The predicted molar refractivity (Wildman–Crippen MR) is 84.8 cm³/mol. The average Bonchev–Trinajstić information content (AvgIpc) is 2.54. The van der Waals surface area contributed by atoms with Gasteiger partial charge in [0.1, 0.15) is 5.82 Å². The number of carbonyl (C=O) groups excluding carboxylic acids is 1. The number of hydrogen-bond donors (Lipinski definition) is 0. The largest absolute Gasteiger partial charge is 0.462 e. The van der Waals surface area contributed by atoms with E-state index in [1.54, 1.807) is 18.2 Å². The first-order valence-corrected chi connectivity index (χ1v) is 8.83. The fourth-order valence-electron chi connectivity index (χ4n) is 1.89. The van der Waals surface area contributed by atoms with E-state index in [-0.39, 0.29) is 34.3 Å². The lowest BCUT2D eigenvalue weighted by atomic mass is 10.2. The van der Waals surface area contributed by atoms with Crippen LogP contribution in [0, 0.1) is 5.82 Å². The molecule has 0 atom stereocenters. The van der Waals surface area contributed by atoms with Crippen molar-refractivity contribution in [3.05, 3.63) is 64.9 Å². The third kappa shape index (κ3) is 4.77. The van der Waals surface area contributed by atoms with Crippen molar-refractivity contribution in [2.45, 2.75) is 11.3 Å². The van der Waals surface area contributed by atoms with Gasteiger partial charge < -0.3 is 4.74 Å². The molecule has 0 heterocycles. The van der Waals surface area contributed by atoms with Crippen LogP contribution in [0.5, 0.6) is 0 Å². The first kappa shape index (κ1) is 17.4. The minimum atomic E-state index is -3.42. The normalized spacial score (nSPS) is 11.2. The molecule has 0 aliphatic carbocycles. The molecule has 0 N–H and O–H groups in total. The number of carbonyl (C=O) groups is 1. The number of esters is 1. The van der Waals surface area contributed by atoms with E-state index in [2.05, 4.69) is 0 Å². The summed E-state index contributed by atoms with van der Waals surface area (Å²) in [6.07, 6.45) is 0.116. The van der Waals surface area contributed by atoms with Crippen LogP contribution in [-0.2, 0) is 14.6 Å². The van der Waals surface area contributed by atoms with Crippen molar-refractivity contribution in [1.82, 2.24) is 0 Å². The molecule has 122 valence electrons. The Labute approximate surface area is 138 Å². The van der Waals surface area contributed by atoms with Gasteiger partial charge in [0.25, 0.3) is 0 Å². The predicted octanol–water partition coefficient (Wildman–Crippen LogP) is 3.50. The Bertz CT molecular complexity index is 791. The molecule has 7 heteroatoms. The van der Waals surface area contributed by atoms with Gasteiger partial charge in [0, 0.05) is 5.02 Å². The Kier molecular flexibility index (Phi) is 5.74. The zero-order valence-electron chi connectivity index (χ0n) is 12.0. The molecule has 0 aliphatic rings. The van der Waals surface area contributed by atoms with E-state index in [1.165, 1.54) is 24.3 Å². The summed E-state index contributed by atoms with van der Waals surface area (Å²) < 4.78 is 42.4. The number of benzene rings is 2. The van der Waals surface area contributed by atoms with Crippen molar-refractivity contribution in [1.29, 1.82) is 0 Å². The lowest BCUT2D eigenvalue weighted by Gasteiger charge is -2.07. The third-order valence-corrected chi connectivity index (χ3v) is 5.09.